The van der Waals surface area contributed by atoms with E-state index in [2.05, 4.69) is 0 Å². The number of carbonyl (C=O) groups excluding carboxylic acids is 2. The van der Waals surface area contributed by atoms with Crippen LogP contribution in [0.1, 0.15) is 18.1 Å². The number of hydrogen-bond donors (Lipinski definition) is 0. The second kappa shape index (κ2) is 8.33. The molecule has 0 spiro atoms. The van der Waals surface area contributed by atoms with Crippen LogP contribution in [0.2, 0.25) is 10.0 Å². The second-order valence-electron chi connectivity index (χ2n) is 5.80. The van der Waals surface area contributed by atoms with E-state index in [0.29, 0.717) is 35.4 Å². The molecule has 26 heavy (non-hydrogen) atoms. The molecule has 1 atom stereocenters. The summed E-state index contributed by atoms with van der Waals surface area (Å²) in [6.07, 6.45) is 0.455. The van der Waals surface area contributed by atoms with Crippen LogP contribution in [0.4, 0.5) is 4.79 Å². The van der Waals surface area contributed by atoms with Gasteiger partial charge in [0.15, 0.2) is 0 Å². The summed E-state index contributed by atoms with van der Waals surface area (Å²) in [5.41, 5.74) is 1.76. The zero-order chi connectivity index (χ0) is 18.7. The third kappa shape index (κ3) is 4.17. The monoisotopic (exact) mass is 409 g/mol. The fourth-order valence-corrected chi connectivity index (χ4v) is 4.23. The van der Waals surface area contributed by atoms with E-state index in [0.717, 1.165) is 22.9 Å². The highest BCUT2D eigenvalue weighted by atomic mass is 35.5. The summed E-state index contributed by atoms with van der Waals surface area (Å²) in [6.45, 7) is 2.51. The summed E-state index contributed by atoms with van der Waals surface area (Å²) in [7, 11) is 0. The fourth-order valence-electron chi connectivity index (χ4n) is 2.69. The molecular formula is C19H17Cl2NO3S. The minimum Gasteiger partial charge on any atom is -0.487 e. The molecule has 0 aromatic heterocycles. The number of amides is 2. The lowest BCUT2D eigenvalue weighted by Gasteiger charge is -2.12. The first-order chi connectivity index (χ1) is 12.5. The third-order valence-corrected chi connectivity index (χ3v) is 5.82. The predicted octanol–water partition coefficient (Wildman–Crippen LogP) is 5.20. The van der Waals surface area contributed by atoms with E-state index in [1.54, 1.807) is 19.1 Å². The SMILES string of the molecule is CCN1C(=O)S[C@H](Cc2ccc(OCc3ccccc3Cl)c(Cl)c2)C1=O. The molecule has 1 fully saturated rings. The van der Waals surface area contributed by atoms with Gasteiger partial charge in [-0.1, -0.05) is 59.2 Å². The van der Waals surface area contributed by atoms with Crippen molar-refractivity contribution in [1.29, 1.82) is 0 Å². The van der Waals surface area contributed by atoms with E-state index in [-0.39, 0.29) is 11.1 Å². The summed E-state index contributed by atoms with van der Waals surface area (Å²) < 4.78 is 5.75. The Bertz CT molecular complexity index is 843. The highest BCUT2D eigenvalue weighted by molar-refractivity contribution is 8.15. The maximum absolute atomic E-state index is 12.2. The Balaban J connectivity index is 1.65. The van der Waals surface area contributed by atoms with Gasteiger partial charge in [0.1, 0.15) is 12.4 Å². The molecule has 0 radical (unpaired) electrons. The lowest BCUT2D eigenvalue weighted by Crippen LogP contribution is -2.31. The van der Waals surface area contributed by atoms with Gasteiger partial charge >= 0.3 is 0 Å². The van der Waals surface area contributed by atoms with Crippen LogP contribution in [0.5, 0.6) is 5.75 Å². The predicted molar refractivity (Wildman–Crippen MR) is 105 cm³/mol. The van der Waals surface area contributed by atoms with Crippen molar-refractivity contribution in [2.24, 2.45) is 0 Å². The molecule has 1 aliphatic rings. The van der Waals surface area contributed by atoms with Crippen molar-refractivity contribution in [3.63, 3.8) is 0 Å². The first-order valence-electron chi connectivity index (χ1n) is 8.16. The maximum Gasteiger partial charge on any atom is 0.289 e. The van der Waals surface area contributed by atoms with Gasteiger partial charge in [0.25, 0.3) is 5.24 Å². The lowest BCUT2D eigenvalue weighted by molar-refractivity contribution is -0.126. The molecule has 1 heterocycles. The number of hydrogen-bond acceptors (Lipinski definition) is 4. The number of ether oxygens (including phenoxy) is 1. The number of thioether (sulfide) groups is 1. The van der Waals surface area contributed by atoms with Crippen LogP contribution in [0, 0.1) is 0 Å². The van der Waals surface area contributed by atoms with Gasteiger partial charge in [-0.05, 0) is 37.1 Å². The number of halogens is 2. The molecule has 2 aromatic rings. The molecule has 1 saturated heterocycles. The van der Waals surface area contributed by atoms with Gasteiger partial charge < -0.3 is 4.74 Å². The van der Waals surface area contributed by atoms with Crippen molar-refractivity contribution in [1.82, 2.24) is 4.90 Å². The van der Waals surface area contributed by atoms with Crippen LogP contribution in [0.25, 0.3) is 0 Å². The summed E-state index contributed by atoms with van der Waals surface area (Å²) >= 11 is 13.5. The topological polar surface area (TPSA) is 46.6 Å². The molecule has 4 nitrogen and oxygen atoms in total. The van der Waals surface area contributed by atoms with Gasteiger partial charge in [-0.3, -0.25) is 14.5 Å². The number of benzene rings is 2. The summed E-state index contributed by atoms with van der Waals surface area (Å²) in [5.74, 6) is 0.407. The van der Waals surface area contributed by atoms with Gasteiger partial charge in [-0.25, -0.2) is 0 Å². The second-order valence-corrected chi connectivity index (χ2v) is 7.77. The smallest absolute Gasteiger partial charge is 0.289 e. The highest BCUT2D eigenvalue weighted by Gasteiger charge is 2.38. The number of rotatable bonds is 6. The summed E-state index contributed by atoms with van der Waals surface area (Å²) in [5, 5.41) is 0.521. The van der Waals surface area contributed by atoms with E-state index in [1.807, 2.05) is 30.3 Å². The summed E-state index contributed by atoms with van der Waals surface area (Å²) in [4.78, 5) is 25.3. The molecule has 2 amide bonds. The van der Waals surface area contributed by atoms with Crippen LogP contribution in [0.3, 0.4) is 0 Å². The Kier molecular flexibility index (Phi) is 6.12. The Morgan fingerprint density at radius 3 is 2.54 bits per heavy atom. The fraction of sp³-hybridized carbons (Fsp3) is 0.263. The molecule has 2 aromatic carbocycles. The molecule has 1 aliphatic heterocycles. The van der Waals surface area contributed by atoms with Crippen LogP contribution < -0.4 is 4.74 Å². The van der Waals surface area contributed by atoms with Gasteiger partial charge in [0.05, 0.1) is 10.3 Å². The number of imide groups is 1. The average Bonchev–Trinajstić information content (AvgIpc) is 2.88. The highest BCUT2D eigenvalue weighted by Crippen LogP contribution is 2.32. The molecule has 0 aliphatic carbocycles. The van der Waals surface area contributed by atoms with Crippen molar-refractivity contribution in [3.05, 3.63) is 63.6 Å². The van der Waals surface area contributed by atoms with Crippen molar-refractivity contribution >= 4 is 46.1 Å². The van der Waals surface area contributed by atoms with Gasteiger partial charge in [-0.2, -0.15) is 0 Å². The number of nitrogens with zero attached hydrogens (tertiary/aromatic N) is 1. The zero-order valence-electron chi connectivity index (χ0n) is 14.1. The lowest BCUT2D eigenvalue weighted by atomic mass is 10.1. The molecule has 7 heteroatoms. The Morgan fingerprint density at radius 1 is 1.12 bits per heavy atom. The van der Waals surface area contributed by atoms with Crippen molar-refractivity contribution in [2.75, 3.05) is 6.54 Å². The molecule has 136 valence electrons. The molecule has 0 bridgehead atoms. The Hall–Kier alpha value is -1.69. The van der Waals surface area contributed by atoms with Crippen LogP contribution in [-0.2, 0) is 17.8 Å². The van der Waals surface area contributed by atoms with Gasteiger partial charge in [0, 0.05) is 17.1 Å². The zero-order valence-corrected chi connectivity index (χ0v) is 16.4. The van der Waals surface area contributed by atoms with Gasteiger partial charge in [-0.15, -0.1) is 0 Å². The van der Waals surface area contributed by atoms with E-state index < -0.39 is 5.25 Å². The first kappa shape index (κ1) is 19.1. The summed E-state index contributed by atoms with van der Waals surface area (Å²) in [6, 6.07) is 12.9. The normalized spacial score (nSPS) is 17.0. The van der Waals surface area contributed by atoms with Crippen LogP contribution in [-0.4, -0.2) is 27.8 Å². The van der Waals surface area contributed by atoms with E-state index >= 15 is 0 Å². The minimum atomic E-state index is -0.395. The van der Waals surface area contributed by atoms with E-state index in [9.17, 15) is 9.59 Å². The molecular weight excluding hydrogens is 393 g/mol. The van der Waals surface area contributed by atoms with Crippen LogP contribution >= 0.6 is 35.0 Å². The number of carbonyl (C=O) groups is 2. The first-order valence-corrected chi connectivity index (χ1v) is 9.79. The van der Waals surface area contributed by atoms with Gasteiger partial charge in [0.2, 0.25) is 5.91 Å². The third-order valence-electron chi connectivity index (χ3n) is 4.08. The molecule has 0 saturated carbocycles. The van der Waals surface area contributed by atoms with E-state index in [4.69, 9.17) is 27.9 Å². The Morgan fingerprint density at radius 2 is 1.88 bits per heavy atom. The van der Waals surface area contributed by atoms with E-state index in [1.165, 1.54) is 4.90 Å². The van der Waals surface area contributed by atoms with Crippen molar-refractivity contribution < 1.29 is 14.3 Å². The standard InChI is InChI=1S/C19H17Cl2NO3S/c1-2-22-18(23)17(26-19(22)24)10-12-7-8-16(15(21)9-12)25-11-13-5-3-4-6-14(13)20/h3-9,17H,2,10-11H2,1H3/t17-/m1/s1. The minimum absolute atomic E-state index is 0.141. The Labute approximate surface area is 166 Å². The largest absolute Gasteiger partial charge is 0.487 e. The van der Waals surface area contributed by atoms with Crippen molar-refractivity contribution in [2.45, 2.75) is 25.2 Å². The van der Waals surface area contributed by atoms with Crippen molar-refractivity contribution in [3.8, 4) is 5.75 Å². The molecule has 0 unspecified atom stereocenters. The van der Waals surface area contributed by atoms with Crippen LogP contribution in [0.15, 0.2) is 42.5 Å². The maximum atomic E-state index is 12.2. The quantitative estimate of drug-likeness (QED) is 0.657. The molecule has 0 N–H and O–H groups in total. The molecule has 3 rings (SSSR count). The average molecular weight is 410 g/mol.